The third-order valence-electron chi connectivity index (χ3n) is 2.73. The highest BCUT2D eigenvalue weighted by molar-refractivity contribution is 7.99. The van der Waals surface area contributed by atoms with Gasteiger partial charge in [0, 0.05) is 10.8 Å². The molecule has 0 amide bonds. The van der Waals surface area contributed by atoms with Gasteiger partial charge in [0.15, 0.2) is 0 Å². The molecule has 0 radical (unpaired) electrons. The number of aromatic nitrogens is 2. The largest absolute Gasteiger partial charge is 0.392 e. The van der Waals surface area contributed by atoms with Crippen LogP contribution in [0.5, 0.6) is 0 Å². The van der Waals surface area contributed by atoms with Crippen molar-refractivity contribution >= 4 is 23.4 Å². The lowest BCUT2D eigenvalue weighted by atomic mass is 10.2. The summed E-state index contributed by atoms with van der Waals surface area (Å²) in [5, 5.41) is 14.1. The number of aliphatic hydroxyl groups excluding tert-OH is 1. The maximum absolute atomic E-state index is 9.41. The summed E-state index contributed by atoms with van der Waals surface area (Å²) in [5.74, 6) is 1.60. The van der Waals surface area contributed by atoms with Crippen LogP contribution < -0.4 is 0 Å². The van der Waals surface area contributed by atoms with E-state index < -0.39 is 0 Å². The molecule has 2 rings (SSSR count). The molecule has 19 heavy (non-hydrogen) atoms. The number of nitrogens with zero attached hydrogens (tertiary/aromatic N) is 2. The summed E-state index contributed by atoms with van der Waals surface area (Å²) in [7, 11) is 0. The van der Waals surface area contributed by atoms with Crippen molar-refractivity contribution in [2.75, 3.05) is 0 Å². The van der Waals surface area contributed by atoms with Crippen LogP contribution in [0.25, 0.3) is 11.4 Å². The zero-order valence-corrected chi connectivity index (χ0v) is 12.3. The van der Waals surface area contributed by atoms with Crippen molar-refractivity contribution in [2.45, 2.75) is 31.0 Å². The Labute approximate surface area is 121 Å². The van der Waals surface area contributed by atoms with E-state index in [0.29, 0.717) is 22.5 Å². The van der Waals surface area contributed by atoms with Crippen molar-refractivity contribution in [3.8, 4) is 11.4 Å². The maximum Gasteiger partial charge on any atom is 0.236 e. The predicted octanol–water partition coefficient (Wildman–Crippen LogP) is 3.39. The second-order valence-corrected chi connectivity index (χ2v) is 6.02. The van der Waals surface area contributed by atoms with Gasteiger partial charge in [0.2, 0.25) is 11.7 Å². The van der Waals surface area contributed by atoms with Crippen LogP contribution in [0, 0.1) is 0 Å². The van der Waals surface area contributed by atoms with Crippen LogP contribution in [-0.2, 0) is 5.75 Å². The summed E-state index contributed by atoms with van der Waals surface area (Å²) >= 11 is 7.65. The molecule has 0 aliphatic carbocycles. The zero-order chi connectivity index (χ0) is 13.8. The van der Waals surface area contributed by atoms with Gasteiger partial charge in [-0.2, -0.15) is 4.98 Å². The van der Waals surface area contributed by atoms with Crippen LogP contribution in [0.2, 0.25) is 5.02 Å². The van der Waals surface area contributed by atoms with E-state index in [-0.39, 0.29) is 11.4 Å². The summed E-state index contributed by atoms with van der Waals surface area (Å²) in [6, 6.07) is 7.37. The topological polar surface area (TPSA) is 59.2 Å². The number of benzene rings is 1. The normalized spacial score (nSPS) is 14.3. The van der Waals surface area contributed by atoms with E-state index in [0.717, 1.165) is 5.56 Å². The van der Waals surface area contributed by atoms with Crippen LogP contribution in [0.1, 0.15) is 19.7 Å². The first-order valence-electron chi connectivity index (χ1n) is 5.95. The van der Waals surface area contributed by atoms with E-state index in [1.54, 1.807) is 24.8 Å². The highest BCUT2D eigenvalue weighted by Crippen LogP contribution is 2.26. The molecule has 0 saturated heterocycles. The third kappa shape index (κ3) is 3.72. The van der Waals surface area contributed by atoms with E-state index in [2.05, 4.69) is 10.1 Å². The zero-order valence-electron chi connectivity index (χ0n) is 10.7. The van der Waals surface area contributed by atoms with Crippen LogP contribution in [0.3, 0.4) is 0 Å². The van der Waals surface area contributed by atoms with E-state index in [1.165, 1.54) is 0 Å². The molecule has 0 spiro atoms. The molecule has 1 N–H and O–H groups in total. The van der Waals surface area contributed by atoms with Crippen molar-refractivity contribution in [3.63, 3.8) is 0 Å². The minimum Gasteiger partial charge on any atom is -0.392 e. The fraction of sp³-hybridized carbons (Fsp3) is 0.385. The fourth-order valence-corrected chi connectivity index (χ4v) is 2.43. The molecular weight excluding hydrogens is 284 g/mol. The Hall–Kier alpha value is -1.04. The lowest BCUT2D eigenvalue weighted by Crippen LogP contribution is -2.15. The van der Waals surface area contributed by atoms with E-state index in [4.69, 9.17) is 16.1 Å². The average Bonchev–Trinajstić information content (AvgIpc) is 2.85. The highest BCUT2D eigenvalue weighted by Gasteiger charge is 2.14. The maximum atomic E-state index is 9.41. The number of rotatable bonds is 5. The standard InChI is InChI=1S/C13H15ClN2O2S/c1-8(17)9(2)19-7-12-15-13(16-18-12)10-5-3-4-6-11(10)14/h3-6,8-9,17H,7H2,1-2H3. The van der Waals surface area contributed by atoms with Gasteiger partial charge in [0.1, 0.15) is 0 Å². The molecule has 2 unspecified atom stereocenters. The molecule has 0 saturated carbocycles. The third-order valence-corrected chi connectivity index (χ3v) is 4.39. The molecular formula is C13H15ClN2O2S. The average molecular weight is 299 g/mol. The van der Waals surface area contributed by atoms with E-state index >= 15 is 0 Å². The Balaban J connectivity index is 2.06. The first-order valence-corrected chi connectivity index (χ1v) is 7.37. The summed E-state index contributed by atoms with van der Waals surface area (Å²) in [6.45, 7) is 3.72. The lowest BCUT2D eigenvalue weighted by molar-refractivity contribution is 0.196. The Kier molecular flexibility index (Phi) is 4.85. The molecule has 4 nitrogen and oxygen atoms in total. The number of thioether (sulfide) groups is 1. The summed E-state index contributed by atoms with van der Waals surface area (Å²) in [5.41, 5.74) is 0.757. The fourth-order valence-electron chi connectivity index (χ4n) is 1.41. The van der Waals surface area contributed by atoms with E-state index in [9.17, 15) is 5.11 Å². The molecule has 6 heteroatoms. The van der Waals surface area contributed by atoms with Crippen molar-refractivity contribution in [1.82, 2.24) is 10.1 Å². The van der Waals surface area contributed by atoms with Crippen molar-refractivity contribution < 1.29 is 9.63 Å². The Morgan fingerprint density at radius 3 is 2.79 bits per heavy atom. The molecule has 1 aromatic carbocycles. The van der Waals surface area contributed by atoms with Crippen molar-refractivity contribution in [2.24, 2.45) is 0 Å². The molecule has 2 aromatic rings. The summed E-state index contributed by atoms with van der Waals surface area (Å²) in [6.07, 6.45) is -0.365. The quantitative estimate of drug-likeness (QED) is 0.917. The molecule has 102 valence electrons. The number of hydrogen-bond donors (Lipinski definition) is 1. The molecule has 1 heterocycles. The Morgan fingerprint density at radius 2 is 2.11 bits per heavy atom. The molecule has 0 aliphatic rings. The van der Waals surface area contributed by atoms with E-state index in [1.807, 2.05) is 25.1 Å². The molecule has 2 atom stereocenters. The Bertz CT molecular complexity index is 545. The number of hydrogen-bond acceptors (Lipinski definition) is 5. The number of aliphatic hydroxyl groups is 1. The lowest BCUT2D eigenvalue weighted by Gasteiger charge is -2.11. The van der Waals surface area contributed by atoms with Gasteiger partial charge < -0.3 is 9.63 Å². The first-order chi connectivity index (χ1) is 9.08. The minimum atomic E-state index is -0.365. The molecule has 1 aromatic heterocycles. The van der Waals surface area contributed by atoms with Gasteiger partial charge in [-0.15, -0.1) is 11.8 Å². The second kappa shape index (κ2) is 6.41. The second-order valence-electron chi connectivity index (χ2n) is 4.25. The van der Waals surface area contributed by atoms with Crippen molar-refractivity contribution in [1.29, 1.82) is 0 Å². The summed E-state index contributed by atoms with van der Waals surface area (Å²) in [4.78, 5) is 4.31. The van der Waals surface area contributed by atoms with Crippen LogP contribution >= 0.6 is 23.4 Å². The summed E-state index contributed by atoms with van der Waals surface area (Å²) < 4.78 is 5.18. The minimum absolute atomic E-state index is 0.121. The molecule has 0 bridgehead atoms. The van der Waals surface area contributed by atoms with Crippen LogP contribution in [0.4, 0.5) is 0 Å². The number of halogens is 1. The molecule has 0 aliphatic heterocycles. The van der Waals surface area contributed by atoms with Crippen LogP contribution in [0.15, 0.2) is 28.8 Å². The van der Waals surface area contributed by atoms with Crippen LogP contribution in [-0.4, -0.2) is 26.6 Å². The van der Waals surface area contributed by atoms with Gasteiger partial charge in [-0.05, 0) is 19.1 Å². The highest BCUT2D eigenvalue weighted by atomic mass is 35.5. The predicted molar refractivity (Wildman–Crippen MR) is 77.2 cm³/mol. The van der Waals surface area contributed by atoms with Gasteiger partial charge in [-0.3, -0.25) is 0 Å². The Morgan fingerprint density at radius 1 is 1.37 bits per heavy atom. The smallest absolute Gasteiger partial charge is 0.236 e. The van der Waals surface area contributed by atoms with Crippen molar-refractivity contribution in [3.05, 3.63) is 35.2 Å². The molecule has 0 fully saturated rings. The van der Waals surface area contributed by atoms with Gasteiger partial charge in [-0.1, -0.05) is 35.8 Å². The van der Waals surface area contributed by atoms with Gasteiger partial charge in [0.25, 0.3) is 0 Å². The monoisotopic (exact) mass is 298 g/mol. The van der Waals surface area contributed by atoms with Gasteiger partial charge in [-0.25, -0.2) is 0 Å². The van der Waals surface area contributed by atoms with Gasteiger partial charge >= 0.3 is 0 Å². The first kappa shape index (κ1) is 14.4. The van der Waals surface area contributed by atoms with Gasteiger partial charge in [0.05, 0.1) is 16.9 Å². The SMILES string of the molecule is CC(O)C(C)SCc1nc(-c2ccccc2Cl)no1.